The summed E-state index contributed by atoms with van der Waals surface area (Å²) in [6, 6.07) is 21.7. The van der Waals surface area contributed by atoms with Gasteiger partial charge in [-0.3, -0.25) is 0 Å². The van der Waals surface area contributed by atoms with Crippen LogP contribution in [-0.2, 0) is 6.42 Å². The van der Waals surface area contributed by atoms with Gasteiger partial charge < -0.3 is 4.42 Å². The highest BCUT2D eigenvalue weighted by Crippen LogP contribution is 2.37. The molecule has 1 nitrogen and oxygen atoms in total. The van der Waals surface area contributed by atoms with Gasteiger partial charge in [-0.05, 0) is 70.0 Å². The largest absolute Gasteiger partial charge is 0.473 e. The molecule has 1 heteroatoms. The van der Waals surface area contributed by atoms with Crippen molar-refractivity contribution >= 4 is 21.5 Å². The summed E-state index contributed by atoms with van der Waals surface area (Å²) in [5, 5.41) is 5.63. The third-order valence-corrected chi connectivity index (χ3v) is 5.09. The molecule has 0 fully saturated rings. The van der Waals surface area contributed by atoms with E-state index in [2.05, 4.69) is 59.9 Å². The van der Waals surface area contributed by atoms with E-state index in [0.717, 1.165) is 5.92 Å². The Morgan fingerprint density at radius 3 is 2.38 bits per heavy atom. The molecule has 0 saturated heterocycles. The molecule has 1 aliphatic carbocycles. The van der Waals surface area contributed by atoms with Crippen molar-refractivity contribution in [2.75, 3.05) is 0 Å². The molecule has 1 aromatic heterocycles. The first-order valence-electron chi connectivity index (χ1n) is 8.75. The molecule has 0 aliphatic heterocycles. The molecule has 1 heterocycles. The number of furan rings is 1. The van der Waals surface area contributed by atoms with E-state index in [1.54, 1.807) is 23.7 Å². The van der Waals surface area contributed by atoms with Crippen LogP contribution in [0.1, 0.15) is 36.8 Å². The van der Waals surface area contributed by atoms with Gasteiger partial charge >= 0.3 is 0 Å². The normalized spacial score (nSPS) is 16.5. The Hall–Kier alpha value is -2.54. The number of hydrogen-bond acceptors (Lipinski definition) is 1. The number of hydrogen-bond donors (Lipinski definition) is 0. The van der Waals surface area contributed by atoms with Crippen molar-refractivity contribution in [2.24, 2.45) is 0 Å². The van der Waals surface area contributed by atoms with Crippen LogP contribution in [0.4, 0.5) is 0 Å². The molecular formula is C23H22O. The summed E-state index contributed by atoms with van der Waals surface area (Å²) >= 11 is 0. The van der Waals surface area contributed by atoms with E-state index in [0.29, 0.717) is 0 Å². The summed E-state index contributed by atoms with van der Waals surface area (Å²) < 4.78 is 4.58. The van der Waals surface area contributed by atoms with E-state index in [-0.39, 0.29) is 0 Å². The number of benzene rings is 3. The molecule has 0 saturated carbocycles. The lowest BCUT2D eigenvalue weighted by molar-refractivity contribution is 0.567. The summed E-state index contributed by atoms with van der Waals surface area (Å²) in [5.74, 6) is 0.722. The standard InChI is InChI=1S/C19H18.C4H4O/c1-13-5-4-8-17-15(13)11-12-18-16-7-3-2-6-14(16)9-10-19(17)18;1-2-4-5-3-1/h2-3,6-7,9-13H,4-5,8H2,1H3;1-4H. The number of aryl methyl sites for hydroxylation is 1. The molecule has 0 amide bonds. The van der Waals surface area contributed by atoms with Gasteiger partial charge in [0.05, 0.1) is 12.5 Å². The quantitative estimate of drug-likeness (QED) is 0.329. The van der Waals surface area contributed by atoms with Crippen LogP contribution in [0.5, 0.6) is 0 Å². The molecule has 1 unspecified atom stereocenters. The summed E-state index contributed by atoms with van der Waals surface area (Å²) in [6.07, 6.45) is 7.17. The third-order valence-electron chi connectivity index (χ3n) is 5.09. The van der Waals surface area contributed by atoms with E-state index in [1.165, 1.54) is 40.8 Å². The minimum atomic E-state index is 0.722. The maximum absolute atomic E-state index is 4.58. The lowest BCUT2D eigenvalue weighted by Crippen LogP contribution is -2.07. The Labute approximate surface area is 142 Å². The molecule has 24 heavy (non-hydrogen) atoms. The van der Waals surface area contributed by atoms with Crippen LogP contribution >= 0.6 is 0 Å². The first-order valence-corrected chi connectivity index (χ1v) is 8.75. The van der Waals surface area contributed by atoms with Gasteiger partial charge in [0.2, 0.25) is 0 Å². The van der Waals surface area contributed by atoms with Gasteiger partial charge in [-0.1, -0.05) is 55.5 Å². The molecule has 3 aromatic carbocycles. The average Bonchev–Trinajstić information content (AvgIpc) is 3.21. The van der Waals surface area contributed by atoms with Gasteiger partial charge in [-0.15, -0.1) is 0 Å². The Balaban J connectivity index is 0.000000252. The van der Waals surface area contributed by atoms with Crippen LogP contribution in [0.3, 0.4) is 0 Å². The Morgan fingerprint density at radius 2 is 1.58 bits per heavy atom. The number of fused-ring (bicyclic) bond motifs is 5. The lowest BCUT2D eigenvalue weighted by Gasteiger charge is -2.24. The number of rotatable bonds is 0. The van der Waals surface area contributed by atoms with Gasteiger partial charge in [0.15, 0.2) is 0 Å². The second-order valence-corrected chi connectivity index (χ2v) is 6.60. The summed E-state index contributed by atoms with van der Waals surface area (Å²) in [6.45, 7) is 2.37. The Kier molecular flexibility index (Phi) is 4.08. The van der Waals surface area contributed by atoms with Gasteiger partial charge in [0, 0.05) is 0 Å². The van der Waals surface area contributed by atoms with Gasteiger partial charge in [-0.2, -0.15) is 0 Å². The van der Waals surface area contributed by atoms with Crippen molar-refractivity contribution < 1.29 is 4.42 Å². The second kappa shape index (κ2) is 6.52. The summed E-state index contributed by atoms with van der Waals surface area (Å²) in [7, 11) is 0. The zero-order valence-corrected chi connectivity index (χ0v) is 14.0. The van der Waals surface area contributed by atoms with E-state index in [4.69, 9.17) is 0 Å². The molecule has 4 aromatic rings. The van der Waals surface area contributed by atoms with Crippen molar-refractivity contribution in [3.8, 4) is 0 Å². The maximum atomic E-state index is 4.58. The first kappa shape index (κ1) is 15.0. The molecule has 0 radical (unpaired) electrons. The van der Waals surface area contributed by atoms with Crippen LogP contribution in [0.25, 0.3) is 21.5 Å². The molecule has 0 bridgehead atoms. The van der Waals surface area contributed by atoms with Crippen LogP contribution in [0.2, 0.25) is 0 Å². The first-order chi connectivity index (χ1) is 11.8. The highest BCUT2D eigenvalue weighted by atomic mass is 16.3. The van der Waals surface area contributed by atoms with Crippen LogP contribution in [-0.4, -0.2) is 0 Å². The summed E-state index contributed by atoms with van der Waals surface area (Å²) in [4.78, 5) is 0. The molecule has 1 atom stereocenters. The minimum absolute atomic E-state index is 0.722. The Bertz CT molecular complexity index is 933. The highest BCUT2D eigenvalue weighted by molar-refractivity contribution is 6.08. The van der Waals surface area contributed by atoms with Gasteiger partial charge in [-0.25, -0.2) is 0 Å². The second-order valence-electron chi connectivity index (χ2n) is 6.60. The van der Waals surface area contributed by atoms with E-state index >= 15 is 0 Å². The van der Waals surface area contributed by atoms with Crippen LogP contribution < -0.4 is 0 Å². The minimum Gasteiger partial charge on any atom is -0.473 e. The van der Waals surface area contributed by atoms with Crippen LogP contribution in [0.15, 0.2) is 77.6 Å². The fourth-order valence-corrected chi connectivity index (χ4v) is 3.88. The fraction of sp³-hybridized carbons (Fsp3) is 0.217. The smallest absolute Gasteiger partial charge is 0.0902 e. The zero-order chi connectivity index (χ0) is 16.4. The third kappa shape index (κ3) is 2.71. The topological polar surface area (TPSA) is 13.1 Å². The SMILES string of the molecule is CC1CCCc2c1ccc1c2ccc2ccccc21.c1ccoc1. The monoisotopic (exact) mass is 314 g/mol. The predicted molar refractivity (Wildman–Crippen MR) is 102 cm³/mol. The van der Waals surface area contributed by atoms with Crippen molar-refractivity contribution in [1.82, 2.24) is 0 Å². The summed E-state index contributed by atoms with van der Waals surface area (Å²) in [5.41, 5.74) is 3.18. The lowest BCUT2D eigenvalue weighted by atomic mass is 9.81. The van der Waals surface area contributed by atoms with Gasteiger partial charge in [0.1, 0.15) is 0 Å². The Morgan fingerprint density at radius 1 is 0.792 bits per heavy atom. The predicted octanol–water partition coefficient (Wildman–Crippen LogP) is 6.71. The zero-order valence-electron chi connectivity index (χ0n) is 14.0. The molecule has 5 rings (SSSR count). The van der Waals surface area contributed by atoms with Crippen molar-refractivity contribution in [3.05, 3.63) is 84.3 Å². The van der Waals surface area contributed by atoms with E-state index in [9.17, 15) is 0 Å². The molecule has 0 spiro atoms. The maximum Gasteiger partial charge on any atom is 0.0902 e. The van der Waals surface area contributed by atoms with Crippen molar-refractivity contribution in [2.45, 2.75) is 32.1 Å². The van der Waals surface area contributed by atoms with E-state index < -0.39 is 0 Å². The van der Waals surface area contributed by atoms with Crippen molar-refractivity contribution in [1.29, 1.82) is 0 Å². The van der Waals surface area contributed by atoms with Crippen molar-refractivity contribution in [3.63, 3.8) is 0 Å². The average molecular weight is 314 g/mol. The molecule has 1 aliphatic rings. The molecular weight excluding hydrogens is 292 g/mol. The molecule has 120 valence electrons. The fourth-order valence-electron chi connectivity index (χ4n) is 3.88. The molecule has 0 N–H and O–H groups in total. The highest BCUT2D eigenvalue weighted by Gasteiger charge is 2.18. The van der Waals surface area contributed by atoms with E-state index in [1.807, 2.05) is 12.1 Å². The van der Waals surface area contributed by atoms with Gasteiger partial charge in [0.25, 0.3) is 0 Å². The van der Waals surface area contributed by atoms with Crippen LogP contribution in [0, 0.1) is 0 Å².